The summed E-state index contributed by atoms with van der Waals surface area (Å²) in [5, 5.41) is 19.2. The van der Waals surface area contributed by atoms with Gasteiger partial charge in [0.25, 0.3) is 5.91 Å². The lowest BCUT2D eigenvalue weighted by molar-refractivity contribution is -0.136. The molecule has 0 spiro atoms. The summed E-state index contributed by atoms with van der Waals surface area (Å²) in [6.45, 7) is 5.54. The molecule has 0 heterocycles. The highest BCUT2D eigenvalue weighted by Crippen LogP contribution is 2.21. The second-order valence-electron chi connectivity index (χ2n) is 7.37. The van der Waals surface area contributed by atoms with Crippen molar-refractivity contribution >= 4 is 35.3 Å². The van der Waals surface area contributed by atoms with Crippen LogP contribution in [0.5, 0.6) is 5.75 Å². The summed E-state index contributed by atoms with van der Waals surface area (Å²) < 4.78 is 0. The van der Waals surface area contributed by atoms with Crippen molar-refractivity contribution in [2.75, 3.05) is 10.6 Å². The molecule has 0 aromatic heterocycles. The third-order valence-corrected chi connectivity index (χ3v) is 4.79. The fourth-order valence-electron chi connectivity index (χ4n) is 3.14. The number of benzene rings is 3. The van der Waals surface area contributed by atoms with Crippen LogP contribution < -0.4 is 16.1 Å². The number of carbonyl (C=O) groups is 3. The zero-order chi connectivity index (χ0) is 24.5. The Labute approximate surface area is 197 Å². The second-order valence-corrected chi connectivity index (χ2v) is 7.37. The molecule has 0 aliphatic heterocycles. The summed E-state index contributed by atoms with van der Waals surface area (Å²) in [5.74, 6) is -2.46. The first-order chi connectivity index (χ1) is 16.4. The summed E-state index contributed by atoms with van der Waals surface area (Å²) in [4.78, 5) is 37.3. The molecule has 0 radical (unpaired) electrons. The maximum absolute atomic E-state index is 12.7. The van der Waals surface area contributed by atoms with Gasteiger partial charge in [-0.05, 0) is 54.8 Å². The lowest BCUT2D eigenvalue weighted by Gasteiger charge is -2.11. The van der Waals surface area contributed by atoms with E-state index in [9.17, 15) is 19.5 Å². The Kier molecular flexibility index (Phi) is 7.91. The molecule has 172 valence electrons. The number of aryl methyl sites for hydroxylation is 1. The number of hydrogen-bond acceptors (Lipinski definition) is 5. The summed E-state index contributed by atoms with van der Waals surface area (Å²) in [6.07, 6.45) is 3.36. The number of carbonyl (C=O) groups excluding carboxylic acids is 3. The molecule has 3 rings (SSSR count). The molecule has 0 fully saturated rings. The van der Waals surface area contributed by atoms with E-state index in [2.05, 4.69) is 27.7 Å². The molecule has 3 aromatic carbocycles. The molecule has 4 N–H and O–H groups in total. The van der Waals surface area contributed by atoms with Crippen LogP contribution in [0.15, 0.2) is 84.5 Å². The highest BCUT2D eigenvalue weighted by Gasteiger charge is 2.18. The average Bonchev–Trinajstić information content (AvgIpc) is 2.81. The number of nitrogens with zero attached hydrogens (tertiary/aromatic N) is 1. The molecule has 0 aliphatic carbocycles. The normalized spacial score (nSPS) is 10.5. The second kappa shape index (κ2) is 11.2. The van der Waals surface area contributed by atoms with Crippen LogP contribution in [0.2, 0.25) is 0 Å². The molecule has 8 heteroatoms. The Balaban J connectivity index is 1.65. The molecule has 34 heavy (non-hydrogen) atoms. The molecule has 3 aromatic rings. The van der Waals surface area contributed by atoms with Crippen LogP contribution in [0.25, 0.3) is 0 Å². The standard InChI is InChI=1S/C26H24N4O4/c1-3-8-18-10-7-11-19(23(18)31)16-27-30-26(34)25(33)29-22-14-5-4-13-21(22)24(32)28-20-12-6-9-17(2)15-20/h3-7,9-16,31H,1,8H2,2H3,(H,28,32)(H,29,33)(H,30,34)/b27-16+. The van der Waals surface area contributed by atoms with Gasteiger partial charge in [-0.3, -0.25) is 14.4 Å². The van der Waals surface area contributed by atoms with Gasteiger partial charge in [0.05, 0.1) is 17.5 Å². The van der Waals surface area contributed by atoms with Crippen molar-refractivity contribution in [3.8, 4) is 5.75 Å². The smallest absolute Gasteiger partial charge is 0.329 e. The minimum atomic E-state index is -1.04. The predicted octanol–water partition coefficient (Wildman–Crippen LogP) is 3.77. The monoisotopic (exact) mass is 456 g/mol. The van der Waals surface area contributed by atoms with Gasteiger partial charge in [0.2, 0.25) is 0 Å². The maximum atomic E-state index is 12.7. The molecule has 0 unspecified atom stereocenters. The highest BCUT2D eigenvalue weighted by molar-refractivity contribution is 6.40. The number of anilines is 2. The number of hydrogen-bond donors (Lipinski definition) is 4. The first kappa shape index (κ1) is 23.9. The summed E-state index contributed by atoms with van der Waals surface area (Å²) >= 11 is 0. The number of allylic oxidation sites excluding steroid dienone is 1. The molecule has 0 saturated carbocycles. The van der Waals surface area contributed by atoms with Crippen LogP contribution in [-0.2, 0) is 16.0 Å². The van der Waals surface area contributed by atoms with Crippen LogP contribution in [0.1, 0.15) is 27.0 Å². The van der Waals surface area contributed by atoms with Crippen molar-refractivity contribution in [1.82, 2.24) is 5.43 Å². The van der Waals surface area contributed by atoms with E-state index >= 15 is 0 Å². The SMILES string of the molecule is C=CCc1cccc(/C=N/NC(=O)C(=O)Nc2ccccc2C(=O)Nc2cccc(C)c2)c1O. The number of phenols is 1. The van der Waals surface area contributed by atoms with E-state index in [-0.39, 0.29) is 17.0 Å². The Morgan fingerprint density at radius 1 is 0.971 bits per heavy atom. The quantitative estimate of drug-likeness (QED) is 0.187. The van der Waals surface area contributed by atoms with Gasteiger partial charge in [-0.25, -0.2) is 5.43 Å². The van der Waals surface area contributed by atoms with E-state index in [0.717, 1.165) is 5.56 Å². The number of hydrazone groups is 1. The number of nitrogens with one attached hydrogen (secondary N) is 3. The van der Waals surface area contributed by atoms with E-state index in [1.807, 2.05) is 25.1 Å². The van der Waals surface area contributed by atoms with Gasteiger partial charge >= 0.3 is 11.8 Å². The Bertz CT molecular complexity index is 1270. The Morgan fingerprint density at radius 3 is 2.50 bits per heavy atom. The van der Waals surface area contributed by atoms with Gasteiger partial charge in [0.1, 0.15) is 5.75 Å². The first-order valence-corrected chi connectivity index (χ1v) is 10.4. The third kappa shape index (κ3) is 6.17. The van der Waals surface area contributed by atoms with Crippen LogP contribution >= 0.6 is 0 Å². The Morgan fingerprint density at radius 2 is 1.74 bits per heavy atom. The van der Waals surface area contributed by atoms with E-state index in [4.69, 9.17) is 0 Å². The minimum absolute atomic E-state index is 0.0124. The van der Waals surface area contributed by atoms with Crippen LogP contribution in [0.3, 0.4) is 0 Å². The van der Waals surface area contributed by atoms with Gasteiger partial charge < -0.3 is 15.7 Å². The number of para-hydroxylation sites is 2. The van der Waals surface area contributed by atoms with E-state index in [1.165, 1.54) is 18.3 Å². The lowest BCUT2D eigenvalue weighted by atomic mass is 10.1. The average molecular weight is 457 g/mol. The van der Waals surface area contributed by atoms with Crippen molar-refractivity contribution in [1.29, 1.82) is 0 Å². The molecular formula is C26H24N4O4. The topological polar surface area (TPSA) is 120 Å². The van der Waals surface area contributed by atoms with Crippen molar-refractivity contribution in [3.63, 3.8) is 0 Å². The van der Waals surface area contributed by atoms with Gasteiger partial charge in [0, 0.05) is 11.3 Å². The third-order valence-electron chi connectivity index (χ3n) is 4.79. The van der Waals surface area contributed by atoms with Gasteiger partial charge in [0.15, 0.2) is 0 Å². The molecular weight excluding hydrogens is 432 g/mol. The summed E-state index contributed by atoms with van der Waals surface area (Å²) in [6, 6.07) is 18.7. The fraction of sp³-hybridized carbons (Fsp3) is 0.0769. The maximum Gasteiger partial charge on any atom is 0.329 e. The van der Waals surface area contributed by atoms with Crippen molar-refractivity contribution in [2.24, 2.45) is 5.10 Å². The van der Waals surface area contributed by atoms with Gasteiger partial charge in [-0.1, -0.05) is 42.5 Å². The number of amides is 3. The number of rotatable bonds is 7. The van der Waals surface area contributed by atoms with Gasteiger partial charge in [-0.2, -0.15) is 5.10 Å². The Hall–Kier alpha value is -4.72. The highest BCUT2D eigenvalue weighted by atomic mass is 16.3. The number of aromatic hydroxyl groups is 1. The molecule has 8 nitrogen and oxygen atoms in total. The lowest BCUT2D eigenvalue weighted by Crippen LogP contribution is -2.33. The van der Waals surface area contributed by atoms with Crippen LogP contribution in [0, 0.1) is 6.92 Å². The molecule has 3 amide bonds. The zero-order valence-electron chi connectivity index (χ0n) is 18.5. The van der Waals surface area contributed by atoms with Crippen molar-refractivity contribution in [3.05, 3.63) is 102 Å². The number of phenolic OH excluding ortho intramolecular Hbond substituents is 1. The summed E-state index contributed by atoms with van der Waals surface area (Å²) in [7, 11) is 0. The molecule has 0 atom stereocenters. The van der Waals surface area contributed by atoms with E-state index in [0.29, 0.717) is 23.2 Å². The minimum Gasteiger partial charge on any atom is -0.507 e. The van der Waals surface area contributed by atoms with Crippen LogP contribution in [0.4, 0.5) is 11.4 Å². The van der Waals surface area contributed by atoms with E-state index < -0.39 is 17.7 Å². The largest absolute Gasteiger partial charge is 0.507 e. The predicted molar refractivity (Wildman–Crippen MR) is 132 cm³/mol. The first-order valence-electron chi connectivity index (χ1n) is 10.4. The zero-order valence-corrected chi connectivity index (χ0v) is 18.5. The summed E-state index contributed by atoms with van der Waals surface area (Å²) in [5.41, 5.74) is 5.10. The molecule has 0 saturated heterocycles. The fourth-order valence-corrected chi connectivity index (χ4v) is 3.14. The molecule has 0 bridgehead atoms. The van der Waals surface area contributed by atoms with Crippen LogP contribution in [-0.4, -0.2) is 29.0 Å². The van der Waals surface area contributed by atoms with Crippen molar-refractivity contribution in [2.45, 2.75) is 13.3 Å². The van der Waals surface area contributed by atoms with Crippen molar-refractivity contribution < 1.29 is 19.5 Å². The molecule has 0 aliphatic rings. The van der Waals surface area contributed by atoms with Gasteiger partial charge in [-0.15, -0.1) is 6.58 Å². The van der Waals surface area contributed by atoms with E-state index in [1.54, 1.807) is 42.5 Å².